The molecule has 2 rings (SSSR count). The fourth-order valence-electron chi connectivity index (χ4n) is 2.05. The van der Waals surface area contributed by atoms with E-state index in [9.17, 15) is 0 Å². The number of nitrogens with zero attached hydrogens (tertiary/aromatic N) is 1. The Morgan fingerprint density at radius 1 is 1.21 bits per heavy atom. The average Bonchev–Trinajstić information content (AvgIpc) is 2.39. The van der Waals surface area contributed by atoms with Crippen LogP contribution in [0, 0.1) is 6.92 Å². The van der Waals surface area contributed by atoms with Gasteiger partial charge in [0.05, 0.1) is 0 Å². The molecular formula is C16H20N2O. The fraction of sp³-hybridized carbons (Fsp3) is 0.312. The molecule has 1 heterocycles. The Morgan fingerprint density at radius 3 is 2.63 bits per heavy atom. The summed E-state index contributed by atoms with van der Waals surface area (Å²) in [4.78, 5) is 4.43. The summed E-state index contributed by atoms with van der Waals surface area (Å²) in [6.45, 7) is 4.84. The molecule has 0 aliphatic heterocycles. The van der Waals surface area contributed by atoms with E-state index in [1.54, 1.807) is 0 Å². The molecule has 1 atom stereocenters. The van der Waals surface area contributed by atoms with Crippen LogP contribution in [0.3, 0.4) is 0 Å². The molecule has 0 spiro atoms. The molecular weight excluding hydrogens is 236 g/mol. The third-order valence-corrected chi connectivity index (χ3v) is 2.94. The molecule has 3 heteroatoms. The summed E-state index contributed by atoms with van der Waals surface area (Å²) in [6.07, 6.45) is -0.00191. The van der Waals surface area contributed by atoms with Crippen LogP contribution in [-0.2, 0) is 6.54 Å². The van der Waals surface area contributed by atoms with Crippen molar-refractivity contribution < 1.29 is 4.74 Å². The molecule has 0 bridgehead atoms. The summed E-state index contributed by atoms with van der Waals surface area (Å²) in [6, 6.07) is 14.2. The van der Waals surface area contributed by atoms with Gasteiger partial charge in [0.2, 0.25) is 5.88 Å². The summed E-state index contributed by atoms with van der Waals surface area (Å²) < 4.78 is 5.93. The van der Waals surface area contributed by atoms with E-state index in [1.807, 2.05) is 45.2 Å². The Balaban J connectivity index is 2.14. The zero-order valence-electron chi connectivity index (χ0n) is 11.7. The van der Waals surface area contributed by atoms with Gasteiger partial charge in [0.25, 0.3) is 0 Å². The molecule has 100 valence electrons. The van der Waals surface area contributed by atoms with Crippen LogP contribution < -0.4 is 10.1 Å². The second kappa shape index (κ2) is 6.34. The minimum absolute atomic E-state index is 0.00191. The Bertz CT molecular complexity index is 526. The maximum absolute atomic E-state index is 5.93. The number of pyridine rings is 1. The van der Waals surface area contributed by atoms with Gasteiger partial charge in [0.15, 0.2) is 0 Å². The summed E-state index contributed by atoms with van der Waals surface area (Å²) in [5, 5.41) is 3.14. The maximum Gasteiger partial charge on any atom is 0.214 e. The summed E-state index contributed by atoms with van der Waals surface area (Å²) in [5.74, 6) is 0.682. The van der Waals surface area contributed by atoms with E-state index in [0.717, 1.165) is 17.8 Å². The van der Waals surface area contributed by atoms with E-state index in [4.69, 9.17) is 4.74 Å². The molecule has 0 fully saturated rings. The summed E-state index contributed by atoms with van der Waals surface area (Å²) >= 11 is 0. The number of hydrogen-bond acceptors (Lipinski definition) is 3. The van der Waals surface area contributed by atoms with Crippen LogP contribution >= 0.6 is 0 Å². The van der Waals surface area contributed by atoms with Gasteiger partial charge in [-0.1, -0.05) is 30.3 Å². The van der Waals surface area contributed by atoms with Crippen molar-refractivity contribution in [3.63, 3.8) is 0 Å². The van der Waals surface area contributed by atoms with Gasteiger partial charge in [-0.05, 0) is 38.1 Å². The quantitative estimate of drug-likeness (QED) is 0.891. The first-order chi connectivity index (χ1) is 9.19. The van der Waals surface area contributed by atoms with Crippen molar-refractivity contribution in [1.82, 2.24) is 10.3 Å². The Morgan fingerprint density at radius 2 is 1.95 bits per heavy atom. The van der Waals surface area contributed by atoms with E-state index in [-0.39, 0.29) is 6.10 Å². The Kier molecular flexibility index (Phi) is 4.53. The number of benzene rings is 1. The average molecular weight is 256 g/mol. The monoisotopic (exact) mass is 256 g/mol. The highest BCUT2D eigenvalue weighted by Gasteiger charge is 2.08. The maximum atomic E-state index is 5.93. The largest absolute Gasteiger partial charge is 0.470 e. The highest BCUT2D eigenvalue weighted by molar-refractivity contribution is 5.26. The van der Waals surface area contributed by atoms with Crippen molar-refractivity contribution in [2.75, 3.05) is 7.05 Å². The van der Waals surface area contributed by atoms with Crippen LogP contribution in [0.25, 0.3) is 0 Å². The third kappa shape index (κ3) is 3.80. The molecule has 0 amide bonds. The van der Waals surface area contributed by atoms with Gasteiger partial charge >= 0.3 is 0 Å². The first-order valence-electron chi connectivity index (χ1n) is 6.53. The van der Waals surface area contributed by atoms with Crippen molar-refractivity contribution >= 4 is 0 Å². The highest BCUT2D eigenvalue weighted by Crippen LogP contribution is 2.21. The lowest BCUT2D eigenvalue weighted by molar-refractivity contribution is 0.217. The fourth-order valence-corrected chi connectivity index (χ4v) is 2.05. The lowest BCUT2D eigenvalue weighted by atomic mass is 10.1. The summed E-state index contributed by atoms with van der Waals surface area (Å²) in [5.41, 5.74) is 3.31. The van der Waals surface area contributed by atoms with Gasteiger partial charge in [0.1, 0.15) is 6.10 Å². The smallest absolute Gasteiger partial charge is 0.214 e. The second-order valence-electron chi connectivity index (χ2n) is 4.66. The molecule has 3 nitrogen and oxygen atoms in total. The van der Waals surface area contributed by atoms with Crippen molar-refractivity contribution in [2.45, 2.75) is 26.5 Å². The van der Waals surface area contributed by atoms with E-state index in [2.05, 4.69) is 28.5 Å². The first kappa shape index (κ1) is 13.6. The number of ether oxygens (including phenoxy) is 1. The lowest BCUT2D eigenvalue weighted by Gasteiger charge is -2.15. The van der Waals surface area contributed by atoms with E-state index in [1.165, 1.54) is 5.56 Å². The van der Waals surface area contributed by atoms with Crippen LogP contribution in [0.4, 0.5) is 0 Å². The van der Waals surface area contributed by atoms with E-state index in [0.29, 0.717) is 5.88 Å². The molecule has 0 aliphatic carbocycles. The van der Waals surface area contributed by atoms with Crippen LogP contribution in [0.5, 0.6) is 5.88 Å². The third-order valence-electron chi connectivity index (χ3n) is 2.94. The number of nitrogens with one attached hydrogen (secondary N) is 1. The second-order valence-corrected chi connectivity index (χ2v) is 4.66. The number of aromatic nitrogens is 1. The standard InChI is InChI=1S/C16H20N2O/c1-12-9-14(11-17-3)10-16(18-12)19-13(2)15-7-5-4-6-8-15/h4-10,13,17H,11H2,1-3H3. The molecule has 2 aromatic rings. The van der Waals surface area contributed by atoms with Gasteiger partial charge in [0, 0.05) is 18.3 Å². The molecule has 1 aromatic carbocycles. The summed E-state index contributed by atoms with van der Waals surface area (Å²) in [7, 11) is 1.93. The Labute approximate surface area is 114 Å². The van der Waals surface area contributed by atoms with E-state index >= 15 is 0 Å². The van der Waals surface area contributed by atoms with Crippen molar-refractivity contribution in [1.29, 1.82) is 0 Å². The van der Waals surface area contributed by atoms with Gasteiger partial charge in [-0.25, -0.2) is 4.98 Å². The minimum atomic E-state index is -0.00191. The van der Waals surface area contributed by atoms with Crippen LogP contribution in [-0.4, -0.2) is 12.0 Å². The number of aryl methyl sites for hydroxylation is 1. The van der Waals surface area contributed by atoms with Crippen LogP contribution in [0.2, 0.25) is 0 Å². The molecule has 0 saturated heterocycles. The van der Waals surface area contributed by atoms with Gasteiger partial charge in [-0.15, -0.1) is 0 Å². The van der Waals surface area contributed by atoms with Gasteiger partial charge in [-0.2, -0.15) is 0 Å². The van der Waals surface area contributed by atoms with Crippen LogP contribution in [0.15, 0.2) is 42.5 Å². The molecule has 0 aliphatic rings. The number of hydrogen-bond donors (Lipinski definition) is 1. The lowest BCUT2D eigenvalue weighted by Crippen LogP contribution is -2.08. The van der Waals surface area contributed by atoms with Gasteiger partial charge in [-0.3, -0.25) is 0 Å². The highest BCUT2D eigenvalue weighted by atomic mass is 16.5. The predicted molar refractivity (Wildman–Crippen MR) is 77.2 cm³/mol. The predicted octanol–water partition coefficient (Wildman–Crippen LogP) is 3.25. The minimum Gasteiger partial charge on any atom is -0.470 e. The normalized spacial score (nSPS) is 12.2. The SMILES string of the molecule is CNCc1cc(C)nc(OC(C)c2ccccc2)c1. The zero-order chi connectivity index (χ0) is 13.7. The van der Waals surface area contributed by atoms with E-state index < -0.39 is 0 Å². The van der Waals surface area contributed by atoms with Crippen molar-refractivity contribution in [3.8, 4) is 5.88 Å². The van der Waals surface area contributed by atoms with Gasteiger partial charge < -0.3 is 10.1 Å². The first-order valence-corrected chi connectivity index (χ1v) is 6.53. The molecule has 19 heavy (non-hydrogen) atoms. The molecule has 0 saturated carbocycles. The molecule has 1 aromatic heterocycles. The van der Waals surface area contributed by atoms with Crippen molar-refractivity contribution in [3.05, 3.63) is 59.3 Å². The Hall–Kier alpha value is -1.87. The number of rotatable bonds is 5. The molecule has 1 N–H and O–H groups in total. The van der Waals surface area contributed by atoms with Crippen molar-refractivity contribution in [2.24, 2.45) is 0 Å². The zero-order valence-corrected chi connectivity index (χ0v) is 11.7. The topological polar surface area (TPSA) is 34.2 Å². The molecule has 0 radical (unpaired) electrons. The van der Waals surface area contributed by atoms with Crippen LogP contribution in [0.1, 0.15) is 29.8 Å². The molecule has 1 unspecified atom stereocenters.